The highest BCUT2D eigenvalue weighted by molar-refractivity contribution is 5.65. The van der Waals surface area contributed by atoms with Crippen molar-refractivity contribution in [2.24, 2.45) is 5.73 Å². The molecule has 0 bridgehead atoms. The van der Waals surface area contributed by atoms with Gasteiger partial charge in [-0.05, 0) is 17.7 Å². The topological polar surface area (TPSA) is 62.7 Å². The molecule has 1 heterocycles. The van der Waals surface area contributed by atoms with Crippen molar-refractivity contribution >= 4 is 0 Å². The van der Waals surface area contributed by atoms with E-state index < -0.39 is 0 Å². The van der Waals surface area contributed by atoms with Crippen LogP contribution >= 0.6 is 0 Å². The number of pyridine rings is 1. The molecular weight excluding hydrogens is 217 g/mol. The molecule has 2 N–H and O–H groups in total. The van der Waals surface area contributed by atoms with Crippen molar-refractivity contribution in [3.8, 4) is 17.2 Å². The highest BCUT2D eigenvalue weighted by Crippen LogP contribution is 2.23. The SMILES string of the molecule is N#Cc1cncc(-c2ccc(CN)cc2F)c1. The first-order valence-electron chi connectivity index (χ1n) is 5.08. The minimum atomic E-state index is -0.357. The summed E-state index contributed by atoms with van der Waals surface area (Å²) in [7, 11) is 0. The fraction of sp³-hybridized carbons (Fsp3) is 0.0769. The quantitative estimate of drug-likeness (QED) is 0.855. The van der Waals surface area contributed by atoms with Gasteiger partial charge < -0.3 is 5.73 Å². The van der Waals surface area contributed by atoms with Crippen LogP contribution in [0.2, 0.25) is 0 Å². The first-order chi connectivity index (χ1) is 8.24. The Kier molecular flexibility index (Phi) is 3.12. The Bertz CT molecular complexity index is 587. The predicted molar refractivity (Wildman–Crippen MR) is 62.2 cm³/mol. The summed E-state index contributed by atoms with van der Waals surface area (Å²) in [5, 5.41) is 8.76. The van der Waals surface area contributed by atoms with Gasteiger partial charge in [0.05, 0.1) is 5.56 Å². The van der Waals surface area contributed by atoms with Gasteiger partial charge in [0.2, 0.25) is 0 Å². The van der Waals surface area contributed by atoms with Gasteiger partial charge in [-0.1, -0.05) is 12.1 Å². The van der Waals surface area contributed by atoms with Gasteiger partial charge in [0.1, 0.15) is 11.9 Å². The highest BCUT2D eigenvalue weighted by Gasteiger charge is 2.06. The number of halogens is 1. The zero-order valence-electron chi connectivity index (χ0n) is 9.02. The molecule has 0 radical (unpaired) electrons. The number of rotatable bonds is 2. The fourth-order valence-electron chi connectivity index (χ4n) is 1.57. The van der Waals surface area contributed by atoms with Crippen LogP contribution in [0, 0.1) is 17.1 Å². The molecule has 0 aliphatic heterocycles. The largest absolute Gasteiger partial charge is 0.326 e. The summed E-state index contributed by atoms with van der Waals surface area (Å²) in [6, 6.07) is 8.39. The molecule has 4 heteroatoms. The normalized spacial score (nSPS) is 9.94. The molecule has 1 aromatic carbocycles. The average Bonchev–Trinajstić information content (AvgIpc) is 2.38. The molecule has 0 spiro atoms. The second-order valence-corrected chi connectivity index (χ2v) is 3.59. The van der Waals surface area contributed by atoms with Crippen molar-refractivity contribution in [3.05, 3.63) is 53.6 Å². The molecule has 84 valence electrons. The van der Waals surface area contributed by atoms with Gasteiger partial charge in [0.25, 0.3) is 0 Å². The average molecular weight is 227 g/mol. The fourth-order valence-corrected chi connectivity index (χ4v) is 1.57. The molecule has 2 aromatic rings. The van der Waals surface area contributed by atoms with Gasteiger partial charge in [-0.2, -0.15) is 5.26 Å². The second kappa shape index (κ2) is 4.73. The molecule has 3 nitrogen and oxygen atoms in total. The van der Waals surface area contributed by atoms with Gasteiger partial charge in [-0.3, -0.25) is 4.98 Å². The van der Waals surface area contributed by atoms with Gasteiger partial charge in [-0.25, -0.2) is 4.39 Å². The van der Waals surface area contributed by atoms with E-state index in [1.165, 1.54) is 18.5 Å². The summed E-state index contributed by atoms with van der Waals surface area (Å²) in [6.45, 7) is 0.299. The Morgan fingerprint density at radius 3 is 2.76 bits per heavy atom. The van der Waals surface area contributed by atoms with Gasteiger partial charge in [0.15, 0.2) is 0 Å². The number of hydrogen-bond donors (Lipinski definition) is 1. The molecule has 0 aliphatic carbocycles. The minimum Gasteiger partial charge on any atom is -0.326 e. The summed E-state index contributed by atoms with van der Waals surface area (Å²) in [5.74, 6) is -0.357. The van der Waals surface area contributed by atoms with E-state index >= 15 is 0 Å². The molecule has 0 saturated carbocycles. The number of nitrogens with two attached hydrogens (primary N) is 1. The van der Waals surface area contributed by atoms with Crippen LogP contribution in [0.15, 0.2) is 36.7 Å². The van der Waals surface area contributed by atoms with Crippen molar-refractivity contribution in [1.29, 1.82) is 5.26 Å². The highest BCUT2D eigenvalue weighted by atomic mass is 19.1. The van der Waals surface area contributed by atoms with E-state index in [9.17, 15) is 4.39 Å². The van der Waals surface area contributed by atoms with Crippen molar-refractivity contribution in [3.63, 3.8) is 0 Å². The van der Waals surface area contributed by atoms with E-state index in [0.717, 1.165) is 5.56 Å². The second-order valence-electron chi connectivity index (χ2n) is 3.59. The summed E-state index contributed by atoms with van der Waals surface area (Å²) in [6.07, 6.45) is 2.97. The van der Waals surface area contributed by atoms with Crippen molar-refractivity contribution in [2.45, 2.75) is 6.54 Å². The Hall–Kier alpha value is -2.25. The van der Waals surface area contributed by atoms with Gasteiger partial charge in [0, 0.05) is 30.1 Å². The standard InChI is InChI=1S/C13H10FN3/c14-13-4-9(5-15)1-2-12(13)11-3-10(6-16)7-17-8-11/h1-4,7-8H,5,15H2. The molecule has 2 rings (SSSR count). The number of benzene rings is 1. The first-order valence-corrected chi connectivity index (χ1v) is 5.08. The van der Waals surface area contributed by atoms with Crippen LogP contribution in [0.3, 0.4) is 0 Å². The summed E-state index contributed by atoms with van der Waals surface area (Å²) < 4.78 is 13.8. The van der Waals surface area contributed by atoms with Gasteiger partial charge in [-0.15, -0.1) is 0 Å². The van der Waals surface area contributed by atoms with Crippen molar-refractivity contribution in [2.75, 3.05) is 0 Å². The lowest BCUT2D eigenvalue weighted by Crippen LogP contribution is -1.97. The first kappa shape index (κ1) is 11.2. The number of nitrogens with zero attached hydrogens (tertiary/aromatic N) is 2. The zero-order valence-corrected chi connectivity index (χ0v) is 9.02. The molecule has 0 atom stereocenters. The minimum absolute atomic E-state index is 0.299. The molecule has 0 fully saturated rings. The van der Waals surface area contributed by atoms with Crippen LogP contribution in [0.4, 0.5) is 4.39 Å². The molecule has 0 amide bonds. The van der Waals surface area contributed by atoms with Crippen molar-refractivity contribution in [1.82, 2.24) is 4.98 Å². The Morgan fingerprint density at radius 2 is 2.12 bits per heavy atom. The van der Waals surface area contributed by atoms with Crippen LogP contribution in [-0.4, -0.2) is 4.98 Å². The van der Waals surface area contributed by atoms with E-state index in [1.54, 1.807) is 18.2 Å². The Morgan fingerprint density at radius 1 is 1.29 bits per heavy atom. The van der Waals surface area contributed by atoms with Crippen molar-refractivity contribution < 1.29 is 4.39 Å². The van der Waals surface area contributed by atoms with E-state index in [2.05, 4.69) is 4.98 Å². The van der Waals surface area contributed by atoms with Crippen LogP contribution in [-0.2, 0) is 6.54 Å². The summed E-state index contributed by atoms with van der Waals surface area (Å²) >= 11 is 0. The number of nitriles is 1. The summed E-state index contributed by atoms with van der Waals surface area (Å²) in [5.41, 5.74) is 7.58. The molecule has 0 saturated heterocycles. The Labute approximate surface area is 98.3 Å². The van der Waals surface area contributed by atoms with Crippen LogP contribution in [0.5, 0.6) is 0 Å². The zero-order chi connectivity index (χ0) is 12.3. The smallest absolute Gasteiger partial charge is 0.131 e. The van der Waals surface area contributed by atoms with E-state index in [0.29, 0.717) is 23.2 Å². The molecule has 0 aliphatic rings. The lowest BCUT2D eigenvalue weighted by molar-refractivity contribution is 0.629. The number of aromatic nitrogens is 1. The third-order valence-electron chi connectivity index (χ3n) is 2.45. The lowest BCUT2D eigenvalue weighted by atomic mass is 10.0. The maximum atomic E-state index is 13.8. The van der Waals surface area contributed by atoms with E-state index in [4.69, 9.17) is 11.0 Å². The van der Waals surface area contributed by atoms with Gasteiger partial charge >= 0.3 is 0 Å². The third-order valence-corrected chi connectivity index (χ3v) is 2.45. The third kappa shape index (κ3) is 2.30. The van der Waals surface area contributed by atoms with E-state index in [1.807, 2.05) is 6.07 Å². The molecule has 0 unspecified atom stereocenters. The monoisotopic (exact) mass is 227 g/mol. The molecule has 17 heavy (non-hydrogen) atoms. The predicted octanol–water partition coefficient (Wildman–Crippen LogP) is 2.22. The lowest BCUT2D eigenvalue weighted by Gasteiger charge is -2.05. The Balaban J connectivity index is 2.49. The van der Waals surface area contributed by atoms with Crippen LogP contribution < -0.4 is 5.73 Å². The van der Waals surface area contributed by atoms with E-state index in [-0.39, 0.29) is 5.82 Å². The van der Waals surface area contributed by atoms with Crippen LogP contribution in [0.25, 0.3) is 11.1 Å². The van der Waals surface area contributed by atoms with Crippen LogP contribution in [0.1, 0.15) is 11.1 Å². The molecule has 1 aromatic heterocycles. The maximum absolute atomic E-state index is 13.8. The number of hydrogen-bond acceptors (Lipinski definition) is 3. The summed E-state index contributed by atoms with van der Waals surface area (Å²) in [4.78, 5) is 3.90. The molecular formula is C13H10FN3. The maximum Gasteiger partial charge on any atom is 0.131 e.